The fraction of sp³-hybridized carbons (Fsp3) is 0.444. The van der Waals surface area contributed by atoms with Crippen LogP contribution in [-0.2, 0) is 11.3 Å². The van der Waals surface area contributed by atoms with Gasteiger partial charge in [-0.2, -0.15) is 0 Å². The van der Waals surface area contributed by atoms with Crippen LogP contribution < -0.4 is 4.74 Å². The summed E-state index contributed by atoms with van der Waals surface area (Å²) >= 11 is 0. The Balaban J connectivity index is 1.44. The van der Waals surface area contributed by atoms with Gasteiger partial charge in [0, 0.05) is 37.7 Å². The second-order valence-electron chi connectivity index (χ2n) is 6.16. The molecule has 0 amide bonds. The maximum atomic E-state index is 6.12. The number of ether oxygens (including phenoxy) is 2. The van der Waals surface area contributed by atoms with Gasteiger partial charge in [-0.3, -0.25) is 14.9 Å². The molecule has 1 aliphatic heterocycles. The molecule has 3 atom stereocenters. The van der Waals surface area contributed by atoms with E-state index >= 15 is 0 Å². The number of nitrogens with zero attached hydrogens (tertiary/aromatic N) is 3. The molecule has 4 rings (SSSR count). The van der Waals surface area contributed by atoms with Crippen LogP contribution in [-0.4, -0.2) is 46.3 Å². The third kappa shape index (κ3) is 3.21. The number of fused-ring (bicyclic) bond motifs is 1. The highest BCUT2D eigenvalue weighted by Crippen LogP contribution is 2.33. The zero-order valence-electron chi connectivity index (χ0n) is 13.0. The second-order valence-corrected chi connectivity index (χ2v) is 6.16. The van der Waals surface area contributed by atoms with Gasteiger partial charge in [0.05, 0.1) is 12.8 Å². The van der Waals surface area contributed by atoms with Crippen molar-refractivity contribution in [1.82, 2.24) is 14.9 Å². The summed E-state index contributed by atoms with van der Waals surface area (Å²) in [6, 6.07) is 8.41. The summed E-state index contributed by atoms with van der Waals surface area (Å²) in [4.78, 5) is 10.8. The minimum absolute atomic E-state index is 0.112. The summed E-state index contributed by atoms with van der Waals surface area (Å²) in [7, 11) is 0. The molecule has 0 radical (unpaired) electrons. The van der Waals surface area contributed by atoms with Crippen molar-refractivity contribution >= 4 is 0 Å². The molecule has 120 valence electrons. The highest BCUT2D eigenvalue weighted by molar-refractivity contribution is 5.17. The first-order valence-electron chi connectivity index (χ1n) is 8.21. The van der Waals surface area contributed by atoms with E-state index in [1.165, 1.54) is 5.56 Å². The lowest BCUT2D eigenvalue weighted by molar-refractivity contribution is -0.0916. The van der Waals surface area contributed by atoms with Gasteiger partial charge in [0.15, 0.2) is 0 Å². The van der Waals surface area contributed by atoms with Crippen LogP contribution in [0.2, 0.25) is 0 Å². The van der Waals surface area contributed by atoms with Gasteiger partial charge < -0.3 is 9.47 Å². The fourth-order valence-electron chi connectivity index (χ4n) is 3.63. The van der Waals surface area contributed by atoms with E-state index in [1.54, 1.807) is 12.4 Å². The van der Waals surface area contributed by atoms with Gasteiger partial charge in [0.25, 0.3) is 0 Å². The van der Waals surface area contributed by atoms with E-state index in [1.807, 2.05) is 30.6 Å². The summed E-state index contributed by atoms with van der Waals surface area (Å²) in [6.45, 7) is 2.65. The van der Waals surface area contributed by atoms with Crippen LogP contribution in [0, 0.1) is 0 Å². The van der Waals surface area contributed by atoms with Crippen LogP contribution in [0.15, 0.2) is 49.1 Å². The normalized spacial score (nSPS) is 27.6. The summed E-state index contributed by atoms with van der Waals surface area (Å²) in [6.07, 6.45) is 9.67. The highest BCUT2D eigenvalue weighted by atomic mass is 16.5. The second kappa shape index (κ2) is 6.64. The number of hydrogen-bond acceptors (Lipinski definition) is 5. The maximum Gasteiger partial charge on any atom is 0.138 e. The van der Waals surface area contributed by atoms with Gasteiger partial charge >= 0.3 is 0 Å². The molecule has 0 unspecified atom stereocenters. The molecule has 2 fully saturated rings. The van der Waals surface area contributed by atoms with Gasteiger partial charge in [-0.05, 0) is 36.6 Å². The third-order valence-electron chi connectivity index (χ3n) is 4.68. The maximum absolute atomic E-state index is 6.12. The summed E-state index contributed by atoms with van der Waals surface area (Å²) in [5.41, 5.74) is 1.25. The van der Waals surface area contributed by atoms with Gasteiger partial charge in [0.2, 0.25) is 0 Å². The average molecular weight is 311 g/mol. The topological polar surface area (TPSA) is 47.5 Å². The monoisotopic (exact) mass is 311 g/mol. The van der Waals surface area contributed by atoms with Crippen molar-refractivity contribution in [2.75, 3.05) is 13.2 Å². The lowest BCUT2D eigenvalue weighted by atomic mass is 10.1. The zero-order chi connectivity index (χ0) is 15.5. The van der Waals surface area contributed by atoms with Crippen molar-refractivity contribution in [3.8, 4) is 5.75 Å². The number of aromatic nitrogens is 2. The Hall–Kier alpha value is -1.98. The third-order valence-corrected chi connectivity index (χ3v) is 4.68. The standard InChI is InChI=1S/C18H21N3O2/c1-3-14(11-19-7-1)13-21-9-10-22-18-16(21)5-6-17(18)23-15-4-2-8-20-12-15/h1-4,7-8,11-12,16-18H,5-6,9-10,13H2/t16-,17+,18+/m0/s1. The fourth-order valence-corrected chi connectivity index (χ4v) is 3.63. The predicted octanol–water partition coefficient (Wildman–Crippen LogP) is 2.29. The number of hydrogen-bond donors (Lipinski definition) is 0. The Morgan fingerprint density at radius 1 is 1.13 bits per heavy atom. The molecule has 3 heterocycles. The molecule has 2 aromatic heterocycles. The Kier molecular flexibility index (Phi) is 4.22. The molecule has 0 spiro atoms. The van der Waals surface area contributed by atoms with E-state index in [-0.39, 0.29) is 12.2 Å². The molecule has 23 heavy (non-hydrogen) atoms. The lowest BCUT2D eigenvalue weighted by Crippen LogP contribution is -2.51. The first-order valence-corrected chi connectivity index (χ1v) is 8.21. The number of morpholine rings is 1. The van der Waals surface area contributed by atoms with Crippen molar-refractivity contribution in [3.05, 3.63) is 54.6 Å². The van der Waals surface area contributed by atoms with E-state index in [4.69, 9.17) is 9.47 Å². The van der Waals surface area contributed by atoms with Crippen LogP contribution in [0.25, 0.3) is 0 Å². The van der Waals surface area contributed by atoms with E-state index in [0.29, 0.717) is 6.04 Å². The largest absolute Gasteiger partial charge is 0.486 e. The molecule has 2 aliphatic rings. The van der Waals surface area contributed by atoms with Gasteiger partial charge in [-0.1, -0.05) is 6.07 Å². The number of rotatable bonds is 4. The molecule has 0 N–H and O–H groups in total. The smallest absolute Gasteiger partial charge is 0.138 e. The minimum Gasteiger partial charge on any atom is -0.486 e. The SMILES string of the molecule is c1cncc(CN2CCO[C@H]3[C@H](Oc4cccnc4)CC[C@@H]32)c1. The molecule has 0 bridgehead atoms. The van der Waals surface area contributed by atoms with E-state index in [0.717, 1.165) is 38.3 Å². The molecule has 1 saturated heterocycles. The van der Waals surface area contributed by atoms with E-state index < -0.39 is 0 Å². The van der Waals surface area contributed by atoms with Gasteiger partial charge in [-0.15, -0.1) is 0 Å². The molecule has 2 aromatic rings. The molecule has 5 heteroatoms. The van der Waals surface area contributed by atoms with Crippen molar-refractivity contribution in [1.29, 1.82) is 0 Å². The minimum atomic E-state index is 0.112. The van der Waals surface area contributed by atoms with Crippen molar-refractivity contribution in [3.63, 3.8) is 0 Å². The zero-order valence-corrected chi connectivity index (χ0v) is 13.0. The van der Waals surface area contributed by atoms with Gasteiger partial charge in [-0.25, -0.2) is 0 Å². The van der Waals surface area contributed by atoms with Gasteiger partial charge in [0.1, 0.15) is 18.0 Å². The van der Waals surface area contributed by atoms with Crippen LogP contribution in [0.3, 0.4) is 0 Å². The summed E-state index contributed by atoms with van der Waals surface area (Å²) < 4.78 is 12.2. The first-order chi connectivity index (χ1) is 11.4. The Morgan fingerprint density at radius 2 is 2.00 bits per heavy atom. The Morgan fingerprint density at radius 3 is 2.78 bits per heavy atom. The highest BCUT2D eigenvalue weighted by Gasteiger charge is 2.44. The molecule has 5 nitrogen and oxygen atoms in total. The van der Waals surface area contributed by atoms with Crippen molar-refractivity contribution in [2.24, 2.45) is 0 Å². The first kappa shape index (κ1) is 14.6. The molecule has 1 saturated carbocycles. The van der Waals surface area contributed by atoms with E-state index in [2.05, 4.69) is 20.9 Å². The lowest BCUT2D eigenvalue weighted by Gasteiger charge is -2.39. The van der Waals surface area contributed by atoms with Crippen LogP contribution in [0.4, 0.5) is 0 Å². The van der Waals surface area contributed by atoms with E-state index in [9.17, 15) is 0 Å². The quantitative estimate of drug-likeness (QED) is 0.867. The number of pyridine rings is 2. The predicted molar refractivity (Wildman–Crippen MR) is 86.1 cm³/mol. The summed E-state index contributed by atoms with van der Waals surface area (Å²) in [5.74, 6) is 0.825. The van der Waals surface area contributed by atoms with Crippen LogP contribution in [0.5, 0.6) is 5.75 Å². The Bertz CT molecular complexity index is 623. The average Bonchev–Trinajstić information content (AvgIpc) is 3.01. The van der Waals surface area contributed by atoms with Crippen molar-refractivity contribution in [2.45, 2.75) is 37.6 Å². The van der Waals surface area contributed by atoms with Crippen LogP contribution >= 0.6 is 0 Å². The van der Waals surface area contributed by atoms with Crippen molar-refractivity contribution < 1.29 is 9.47 Å². The Labute approximate surface area is 136 Å². The van der Waals surface area contributed by atoms with Crippen LogP contribution in [0.1, 0.15) is 18.4 Å². The molecular formula is C18H21N3O2. The molecular weight excluding hydrogens is 290 g/mol. The molecule has 0 aromatic carbocycles. The summed E-state index contributed by atoms with van der Waals surface area (Å²) in [5, 5.41) is 0. The molecule has 1 aliphatic carbocycles.